The smallest absolute Gasteiger partial charge is 0.233 e. The number of hydrogen-bond acceptors (Lipinski definition) is 3. The van der Waals surface area contributed by atoms with E-state index in [4.69, 9.17) is 0 Å². The summed E-state index contributed by atoms with van der Waals surface area (Å²) in [6.07, 6.45) is 4.46. The van der Waals surface area contributed by atoms with Crippen molar-refractivity contribution in [3.05, 3.63) is 29.8 Å². The van der Waals surface area contributed by atoms with E-state index in [1.54, 1.807) is 11.8 Å². The number of piperazine rings is 1. The van der Waals surface area contributed by atoms with Crippen LogP contribution in [0.2, 0.25) is 0 Å². The van der Waals surface area contributed by atoms with Gasteiger partial charge in [-0.05, 0) is 31.9 Å². The van der Waals surface area contributed by atoms with Crippen molar-refractivity contribution < 1.29 is 9.59 Å². The lowest BCUT2D eigenvalue weighted by atomic mass is 10.1. The second kappa shape index (κ2) is 8.06. The first kappa shape index (κ1) is 17.3. The van der Waals surface area contributed by atoms with Crippen molar-refractivity contribution >= 4 is 23.6 Å². The van der Waals surface area contributed by atoms with Crippen LogP contribution < -0.4 is 0 Å². The summed E-state index contributed by atoms with van der Waals surface area (Å²) in [7, 11) is 0. The van der Waals surface area contributed by atoms with Crippen LogP contribution in [0, 0.1) is 12.8 Å². The molecule has 0 unspecified atom stereocenters. The standard InChI is InChI=1S/C19H26N2O2S/c1-15-6-8-17(9-7-15)24-14-18(22)20-10-12-21(13-11-20)19(23)16-4-2-3-5-16/h6-9,16H,2-5,10-14H2,1H3. The molecule has 1 saturated heterocycles. The summed E-state index contributed by atoms with van der Waals surface area (Å²) in [5, 5.41) is 0. The minimum Gasteiger partial charge on any atom is -0.339 e. The van der Waals surface area contributed by atoms with Gasteiger partial charge in [-0.1, -0.05) is 30.5 Å². The van der Waals surface area contributed by atoms with Crippen LogP contribution in [0.15, 0.2) is 29.2 Å². The Morgan fingerprint density at radius 1 is 1.00 bits per heavy atom. The molecule has 24 heavy (non-hydrogen) atoms. The molecule has 0 aromatic heterocycles. The molecule has 2 amide bonds. The number of carbonyl (C=O) groups excluding carboxylic acids is 2. The highest BCUT2D eigenvalue weighted by atomic mass is 32.2. The van der Waals surface area contributed by atoms with E-state index in [-0.39, 0.29) is 11.8 Å². The lowest BCUT2D eigenvalue weighted by molar-refractivity contribution is -0.141. The van der Waals surface area contributed by atoms with Gasteiger partial charge >= 0.3 is 0 Å². The number of carbonyl (C=O) groups is 2. The third kappa shape index (κ3) is 4.32. The van der Waals surface area contributed by atoms with Crippen LogP contribution in [0.4, 0.5) is 0 Å². The SMILES string of the molecule is Cc1ccc(SCC(=O)N2CCN(C(=O)C3CCCC3)CC2)cc1. The fourth-order valence-electron chi connectivity index (χ4n) is 3.48. The third-order valence-electron chi connectivity index (χ3n) is 5.03. The van der Waals surface area contributed by atoms with Crippen molar-refractivity contribution in [3.8, 4) is 0 Å². The molecule has 130 valence electrons. The number of nitrogens with zero attached hydrogens (tertiary/aromatic N) is 2. The van der Waals surface area contributed by atoms with Crippen molar-refractivity contribution in [2.24, 2.45) is 5.92 Å². The van der Waals surface area contributed by atoms with Gasteiger partial charge in [0.05, 0.1) is 5.75 Å². The van der Waals surface area contributed by atoms with Gasteiger partial charge in [-0.15, -0.1) is 11.8 Å². The van der Waals surface area contributed by atoms with Gasteiger partial charge < -0.3 is 9.80 Å². The zero-order chi connectivity index (χ0) is 16.9. The maximum atomic E-state index is 12.4. The molecule has 0 N–H and O–H groups in total. The van der Waals surface area contributed by atoms with Gasteiger partial charge in [-0.2, -0.15) is 0 Å². The molecule has 0 spiro atoms. The molecule has 2 aliphatic rings. The number of aryl methyl sites for hydroxylation is 1. The van der Waals surface area contributed by atoms with E-state index in [2.05, 4.69) is 31.2 Å². The lowest BCUT2D eigenvalue weighted by Crippen LogP contribution is -2.52. The van der Waals surface area contributed by atoms with E-state index in [9.17, 15) is 9.59 Å². The van der Waals surface area contributed by atoms with Crippen LogP contribution in [0.1, 0.15) is 31.2 Å². The summed E-state index contributed by atoms with van der Waals surface area (Å²) in [6, 6.07) is 8.26. The predicted octanol–water partition coefficient (Wildman–Crippen LogP) is 2.95. The van der Waals surface area contributed by atoms with Crippen molar-refractivity contribution in [1.82, 2.24) is 9.80 Å². The Morgan fingerprint density at radius 2 is 1.58 bits per heavy atom. The van der Waals surface area contributed by atoms with Crippen molar-refractivity contribution in [2.75, 3.05) is 31.9 Å². The quantitative estimate of drug-likeness (QED) is 0.787. The Morgan fingerprint density at radius 3 is 2.21 bits per heavy atom. The van der Waals surface area contributed by atoms with E-state index >= 15 is 0 Å². The van der Waals surface area contributed by atoms with Gasteiger partial charge in [0, 0.05) is 37.0 Å². The monoisotopic (exact) mass is 346 g/mol. The number of hydrogen-bond donors (Lipinski definition) is 0. The molecular formula is C19H26N2O2S. The van der Waals surface area contributed by atoms with Crippen LogP contribution in [-0.4, -0.2) is 53.5 Å². The number of thioether (sulfide) groups is 1. The highest BCUT2D eigenvalue weighted by molar-refractivity contribution is 8.00. The van der Waals surface area contributed by atoms with Crippen LogP contribution in [-0.2, 0) is 9.59 Å². The van der Waals surface area contributed by atoms with Crippen molar-refractivity contribution in [3.63, 3.8) is 0 Å². The molecule has 1 aromatic rings. The first-order valence-corrected chi connectivity index (χ1v) is 9.88. The summed E-state index contributed by atoms with van der Waals surface area (Å²) < 4.78 is 0. The molecule has 0 bridgehead atoms. The molecule has 1 saturated carbocycles. The number of rotatable bonds is 4. The Labute approximate surface area is 148 Å². The zero-order valence-corrected chi connectivity index (χ0v) is 15.2. The Kier molecular flexibility index (Phi) is 5.82. The molecule has 1 aliphatic heterocycles. The summed E-state index contributed by atoms with van der Waals surface area (Å²) in [6.45, 7) is 4.79. The second-order valence-electron chi connectivity index (χ2n) is 6.79. The molecule has 3 rings (SSSR count). The lowest BCUT2D eigenvalue weighted by Gasteiger charge is -2.36. The first-order valence-electron chi connectivity index (χ1n) is 8.89. The topological polar surface area (TPSA) is 40.6 Å². The maximum absolute atomic E-state index is 12.4. The normalized spacial score (nSPS) is 18.9. The van der Waals surface area contributed by atoms with Gasteiger partial charge in [0.2, 0.25) is 11.8 Å². The van der Waals surface area contributed by atoms with E-state index in [0.29, 0.717) is 37.8 Å². The Hall–Kier alpha value is -1.49. The Bertz CT molecular complexity index is 574. The minimum absolute atomic E-state index is 0.175. The third-order valence-corrected chi connectivity index (χ3v) is 6.03. The van der Waals surface area contributed by atoms with Crippen LogP contribution in [0.3, 0.4) is 0 Å². The molecule has 0 atom stereocenters. The van der Waals surface area contributed by atoms with E-state index in [1.165, 1.54) is 18.4 Å². The van der Waals surface area contributed by atoms with E-state index in [1.807, 2.05) is 9.80 Å². The molecule has 0 radical (unpaired) electrons. The Balaban J connectivity index is 1.43. The average Bonchev–Trinajstić information content (AvgIpc) is 3.15. The summed E-state index contributed by atoms with van der Waals surface area (Å²) >= 11 is 1.59. The molecule has 5 heteroatoms. The van der Waals surface area contributed by atoms with Crippen LogP contribution in [0.25, 0.3) is 0 Å². The van der Waals surface area contributed by atoms with Crippen molar-refractivity contribution in [2.45, 2.75) is 37.5 Å². The summed E-state index contributed by atoms with van der Waals surface area (Å²) in [5.74, 6) is 1.20. The first-order chi connectivity index (χ1) is 11.6. The van der Waals surface area contributed by atoms with Crippen LogP contribution >= 0.6 is 11.8 Å². The zero-order valence-electron chi connectivity index (χ0n) is 14.4. The predicted molar refractivity (Wildman–Crippen MR) is 97.0 cm³/mol. The second-order valence-corrected chi connectivity index (χ2v) is 7.84. The molecular weight excluding hydrogens is 320 g/mol. The van der Waals surface area contributed by atoms with E-state index in [0.717, 1.165) is 17.7 Å². The summed E-state index contributed by atoms with van der Waals surface area (Å²) in [4.78, 5) is 29.8. The maximum Gasteiger partial charge on any atom is 0.233 e. The van der Waals surface area contributed by atoms with Crippen molar-refractivity contribution in [1.29, 1.82) is 0 Å². The number of amides is 2. The van der Waals surface area contributed by atoms with Crippen LogP contribution in [0.5, 0.6) is 0 Å². The van der Waals surface area contributed by atoms with Gasteiger partial charge in [-0.25, -0.2) is 0 Å². The highest BCUT2D eigenvalue weighted by Crippen LogP contribution is 2.27. The number of benzene rings is 1. The fraction of sp³-hybridized carbons (Fsp3) is 0.579. The molecule has 1 heterocycles. The average molecular weight is 346 g/mol. The van der Waals surface area contributed by atoms with Gasteiger partial charge in [-0.3, -0.25) is 9.59 Å². The summed E-state index contributed by atoms with van der Waals surface area (Å²) in [5.41, 5.74) is 1.23. The largest absolute Gasteiger partial charge is 0.339 e. The van der Waals surface area contributed by atoms with Gasteiger partial charge in [0.15, 0.2) is 0 Å². The molecule has 1 aromatic carbocycles. The fourth-order valence-corrected chi connectivity index (χ4v) is 4.28. The minimum atomic E-state index is 0.175. The molecule has 1 aliphatic carbocycles. The van der Waals surface area contributed by atoms with Gasteiger partial charge in [0.25, 0.3) is 0 Å². The van der Waals surface area contributed by atoms with Gasteiger partial charge in [0.1, 0.15) is 0 Å². The van der Waals surface area contributed by atoms with E-state index < -0.39 is 0 Å². The highest BCUT2D eigenvalue weighted by Gasteiger charge is 2.30. The molecule has 2 fully saturated rings. The molecule has 4 nitrogen and oxygen atoms in total.